The van der Waals surface area contributed by atoms with Crippen LogP contribution in [0.3, 0.4) is 0 Å². The summed E-state index contributed by atoms with van der Waals surface area (Å²) in [6.45, 7) is 4.24. The monoisotopic (exact) mass is 269 g/mol. The van der Waals surface area contributed by atoms with E-state index in [0.29, 0.717) is 13.2 Å². The molecule has 0 saturated carbocycles. The molecule has 0 aliphatic heterocycles. The lowest BCUT2D eigenvalue weighted by Crippen LogP contribution is -2.02. The van der Waals surface area contributed by atoms with Crippen LogP contribution in [0.4, 0.5) is 5.00 Å². The first kappa shape index (κ1) is 12.5. The van der Waals surface area contributed by atoms with Crippen molar-refractivity contribution in [2.75, 3.05) is 11.9 Å². The lowest BCUT2D eigenvalue weighted by molar-refractivity contribution is 0.107. The highest BCUT2D eigenvalue weighted by Crippen LogP contribution is 2.19. The first-order valence-corrected chi connectivity index (χ1v) is 7.20. The second kappa shape index (κ2) is 6.68. The molecular weight excluding hydrogens is 254 g/mol. The minimum Gasteiger partial charge on any atom is -0.374 e. The molecule has 4 nitrogen and oxygen atoms in total. The summed E-state index contributed by atoms with van der Waals surface area (Å²) in [5.74, 6) is 0. The Kier molecular flexibility index (Phi) is 4.90. The Morgan fingerprint density at radius 2 is 2.35 bits per heavy atom. The SMILES string of the molecule is CCCNc1snnc1COCc1cccs1. The average Bonchev–Trinajstić information content (AvgIpc) is 2.98. The highest BCUT2D eigenvalue weighted by molar-refractivity contribution is 7.10. The predicted molar refractivity (Wildman–Crippen MR) is 71.5 cm³/mol. The molecule has 92 valence electrons. The van der Waals surface area contributed by atoms with E-state index in [0.717, 1.165) is 23.7 Å². The van der Waals surface area contributed by atoms with Crippen molar-refractivity contribution in [3.8, 4) is 0 Å². The van der Waals surface area contributed by atoms with Crippen molar-refractivity contribution in [1.82, 2.24) is 9.59 Å². The molecule has 0 fully saturated rings. The van der Waals surface area contributed by atoms with Gasteiger partial charge in [0.15, 0.2) is 0 Å². The molecule has 17 heavy (non-hydrogen) atoms. The third kappa shape index (κ3) is 3.76. The summed E-state index contributed by atoms with van der Waals surface area (Å²) in [6.07, 6.45) is 1.09. The Hall–Kier alpha value is -0.980. The predicted octanol–water partition coefficient (Wildman–Crippen LogP) is 3.14. The first-order valence-electron chi connectivity index (χ1n) is 5.55. The molecule has 0 saturated heterocycles. The fraction of sp³-hybridized carbons (Fsp3) is 0.455. The minimum atomic E-state index is 0.514. The molecule has 0 radical (unpaired) electrons. The molecule has 0 atom stereocenters. The molecule has 0 aliphatic carbocycles. The van der Waals surface area contributed by atoms with Crippen LogP contribution in [-0.2, 0) is 18.0 Å². The number of thiophene rings is 1. The molecule has 6 heteroatoms. The van der Waals surface area contributed by atoms with E-state index in [-0.39, 0.29) is 0 Å². The maximum atomic E-state index is 5.62. The Labute approximate surface area is 109 Å². The zero-order chi connectivity index (χ0) is 11.9. The Bertz CT molecular complexity index is 428. The van der Waals surface area contributed by atoms with E-state index in [1.165, 1.54) is 16.4 Å². The lowest BCUT2D eigenvalue weighted by atomic mass is 10.4. The van der Waals surface area contributed by atoms with Gasteiger partial charge in [-0.3, -0.25) is 0 Å². The number of aromatic nitrogens is 2. The second-order valence-electron chi connectivity index (χ2n) is 3.55. The van der Waals surface area contributed by atoms with E-state index in [2.05, 4.69) is 33.3 Å². The van der Waals surface area contributed by atoms with E-state index in [4.69, 9.17) is 4.74 Å². The lowest BCUT2D eigenvalue weighted by Gasteiger charge is -2.04. The van der Waals surface area contributed by atoms with E-state index < -0.39 is 0 Å². The summed E-state index contributed by atoms with van der Waals surface area (Å²) >= 11 is 3.09. The number of nitrogens with zero attached hydrogens (tertiary/aromatic N) is 2. The van der Waals surface area contributed by atoms with Crippen LogP contribution in [0.15, 0.2) is 17.5 Å². The number of rotatable bonds is 7. The average molecular weight is 269 g/mol. The molecule has 0 aromatic carbocycles. The molecule has 0 bridgehead atoms. The fourth-order valence-electron chi connectivity index (χ4n) is 1.32. The van der Waals surface area contributed by atoms with Crippen LogP contribution >= 0.6 is 22.9 Å². The molecule has 1 N–H and O–H groups in total. The summed E-state index contributed by atoms with van der Waals surface area (Å²) in [4.78, 5) is 1.23. The topological polar surface area (TPSA) is 47.0 Å². The van der Waals surface area contributed by atoms with Gasteiger partial charge in [0.2, 0.25) is 0 Å². The van der Waals surface area contributed by atoms with E-state index >= 15 is 0 Å². The van der Waals surface area contributed by atoms with Crippen molar-refractivity contribution >= 4 is 27.9 Å². The van der Waals surface area contributed by atoms with Gasteiger partial charge in [-0.25, -0.2) is 0 Å². The zero-order valence-electron chi connectivity index (χ0n) is 9.68. The van der Waals surface area contributed by atoms with Gasteiger partial charge in [0.25, 0.3) is 0 Å². The molecule has 2 aromatic heterocycles. The van der Waals surface area contributed by atoms with E-state index in [9.17, 15) is 0 Å². The number of nitrogens with one attached hydrogen (secondary N) is 1. The van der Waals surface area contributed by atoms with Crippen molar-refractivity contribution in [3.05, 3.63) is 28.1 Å². The van der Waals surface area contributed by atoms with Gasteiger partial charge in [0.1, 0.15) is 10.7 Å². The van der Waals surface area contributed by atoms with Gasteiger partial charge in [-0.15, -0.1) is 16.4 Å². The van der Waals surface area contributed by atoms with Gasteiger partial charge >= 0.3 is 0 Å². The van der Waals surface area contributed by atoms with Crippen LogP contribution in [0.1, 0.15) is 23.9 Å². The van der Waals surface area contributed by atoms with Crippen LogP contribution in [-0.4, -0.2) is 16.1 Å². The number of hydrogen-bond donors (Lipinski definition) is 1. The van der Waals surface area contributed by atoms with Gasteiger partial charge in [0, 0.05) is 23.0 Å². The molecule has 0 aliphatic rings. The number of anilines is 1. The maximum Gasteiger partial charge on any atom is 0.135 e. The third-order valence-corrected chi connectivity index (χ3v) is 3.73. The van der Waals surface area contributed by atoms with E-state index in [1.54, 1.807) is 11.3 Å². The van der Waals surface area contributed by atoms with Crippen molar-refractivity contribution in [2.24, 2.45) is 0 Å². The molecule has 0 spiro atoms. The zero-order valence-corrected chi connectivity index (χ0v) is 11.3. The van der Waals surface area contributed by atoms with Crippen LogP contribution in [0.5, 0.6) is 0 Å². The van der Waals surface area contributed by atoms with Crippen molar-refractivity contribution in [3.63, 3.8) is 0 Å². The van der Waals surface area contributed by atoms with Gasteiger partial charge in [0.05, 0.1) is 13.2 Å². The Morgan fingerprint density at radius 3 is 3.12 bits per heavy atom. The fourth-order valence-corrected chi connectivity index (χ4v) is 2.55. The van der Waals surface area contributed by atoms with Gasteiger partial charge < -0.3 is 10.1 Å². The van der Waals surface area contributed by atoms with E-state index in [1.807, 2.05) is 6.07 Å². The highest BCUT2D eigenvalue weighted by atomic mass is 32.1. The molecule has 2 heterocycles. The van der Waals surface area contributed by atoms with Gasteiger partial charge in [-0.2, -0.15) is 0 Å². The summed E-state index contributed by atoms with van der Waals surface area (Å²) in [6, 6.07) is 4.10. The van der Waals surface area contributed by atoms with Crippen molar-refractivity contribution in [1.29, 1.82) is 0 Å². The quantitative estimate of drug-likeness (QED) is 0.839. The normalized spacial score (nSPS) is 10.6. The third-order valence-electron chi connectivity index (χ3n) is 2.15. The number of hydrogen-bond acceptors (Lipinski definition) is 6. The molecule has 0 amide bonds. The summed E-state index contributed by atoms with van der Waals surface area (Å²) in [7, 11) is 0. The molecule has 2 aromatic rings. The van der Waals surface area contributed by atoms with Crippen LogP contribution < -0.4 is 5.32 Å². The minimum absolute atomic E-state index is 0.514. The van der Waals surface area contributed by atoms with Crippen molar-refractivity contribution < 1.29 is 4.74 Å². The first-order chi connectivity index (χ1) is 8.40. The van der Waals surface area contributed by atoms with Crippen LogP contribution in [0.25, 0.3) is 0 Å². The molecule has 0 unspecified atom stereocenters. The Balaban J connectivity index is 1.80. The molecular formula is C11H15N3OS2. The Morgan fingerprint density at radius 1 is 1.41 bits per heavy atom. The van der Waals surface area contributed by atoms with Crippen LogP contribution in [0, 0.1) is 0 Å². The summed E-state index contributed by atoms with van der Waals surface area (Å²) in [5.41, 5.74) is 0.903. The van der Waals surface area contributed by atoms with Gasteiger partial charge in [-0.1, -0.05) is 17.5 Å². The standard InChI is InChI=1S/C11H15N3OS2/c1-2-5-12-11-10(13-14-17-11)8-15-7-9-4-3-6-16-9/h3-4,6,12H,2,5,7-8H2,1H3. The number of ether oxygens (including phenoxy) is 1. The van der Waals surface area contributed by atoms with Gasteiger partial charge in [-0.05, 0) is 17.9 Å². The summed E-state index contributed by atoms with van der Waals surface area (Å²) < 4.78 is 9.56. The maximum absolute atomic E-state index is 5.62. The molecule has 2 rings (SSSR count). The van der Waals surface area contributed by atoms with Crippen LogP contribution in [0.2, 0.25) is 0 Å². The second-order valence-corrected chi connectivity index (χ2v) is 5.33. The highest BCUT2D eigenvalue weighted by Gasteiger charge is 2.07. The smallest absolute Gasteiger partial charge is 0.135 e. The summed E-state index contributed by atoms with van der Waals surface area (Å²) in [5, 5.41) is 10.5. The largest absolute Gasteiger partial charge is 0.374 e. The van der Waals surface area contributed by atoms with Crippen molar-refractivity contribution in [2.45, 2.75) is 26.6 Å².